The van der Waals surface area contributed by atoms with Crippen molar-refractivity contribution in [1.82, 2.24) is 4.98 Å². The Kier molecular flexibility index (Phi) is 5.11. The Morgan fingerprint density at radius 3 is 2.76 bits per heavy atom. The van der Waals surface area contributed by atoms with E-state index in [1.54, 1.807) is 31.4 Å². The lowest BCUT2D eigenvalue weighted by Crippen LogP contribution is -2.17. The second-order valence-corrected chi connectivity index (χ2v) is 4.25. The van der Waals surface area contributed by atoms with Gasteiger partial charge < -0.3 is 19.8 Å². The monoisotopic (exact) mass is 288 g/mol. The SMILES string of the molecule is COCCOc1cccc(NC(=O)c2cccc(=O)[nH]2)c1. The first-order chi connectivity index (χ1) is 10.2. The summed E-state index contributed by atoms with van der Waals surface area (Å²) in [5.41, 5.74) is 0.465. The summed E-state index contributed by atoms with van der Waals surface area (Å²) >= 11 is 0. The molecular weight excluding hydrogens is 272 g/mol. The van der Waals surface area contributed by atoms with E-state index in [9.17, 15) is 9.59 Å². The van der Waals surface area contributed by atoms with Crippen LogP contribution >= 0.6 is 0 Å². The summed E-state index contributed by atoms with van der Waals surface area (Å²) in [6.07, 6.45) is 0. The Morgan fingerprint density at radius 1 is 1.19 bits per heavy atom. The van der Waals surface area contributed by atoms with E-state index in [1.807, 2.05) is 0 Å². The van der Waals surface area contributed by atoms with Crippen molar-refractivity contribution in [3.63, 3.8) is 0 Å². The number of aromatic nitrogens is 1. The Hall–Kier alpha value is -2.60. The Bertz CT molecular complexity index is 666. The van der Waals surface area contributed by atoms with Crippen molar-refractivity contribution in [2.45, 2.75) is 0 Å². The second-order valence-electron chi connectivity index (χ2n) is 4.25. The van der Waals surface area contributed by atoms with Gasteiger partial charge in [-0.15, -0.1) is 0 Å². The maximum atomic E-state index is 12.0. The van der Waals surface area contributed by atoms with Crippen molar-refractivity contribution in [3.8, 4) is 5.75 Å². The van der Waals surface area contributed by atoms with E-state index in [2.05, 4.69) is 10.3 Å². The van der Waals surface area contributed by atoms with Gasteiger partial charge in [0.2, 0.25) is 5.56 Å². The van der Waals surface area contributed by atoms with Crippen LogP contribution in [-0.4, -0.2) is 31.2 Å². The van der Waals surface area contributed by atoms with E-state index in [0.29, 0.717) is 24.7 Å². The average molecular weight is 288 g/mol. The van der Waals surface area contributed by atoms with Crippen molar-refractivity contribution in [3.05, 3.63) is 58.5 Å². The number of benzene rings is 1. The van der Waals surface area contributed by atoms with Crippen LogP contribution in [0.1, 0.15) is 10.5 Å². The molecule has 0 saturated heterocycles. The van der Waals surface area contributed by atoms with Crippen molar-refractivity contribution < 1.29 is 14.3 Å². The zero-order valence-corrected chi connectivity index (χ0v) is 11.6. The van der Waals surface area contributed by atoms with E-state index < -0.39 is 0 Å². The van der Waals surface area contributed by atoms with Crippen molar-refractivity contribution in [2.75, 3.05) is 25.6 Å². The molecule has 6 heteroatoms. The molecule has 1 aromatic heterocycles. The maximum absolute atomic E-state index is 12.0. The van der Waals surface area contributed by atoms with Crippen LogP contribution in [0, 0.1) is 0 Å². The quantitative estimate of drug-likeness (QED) is 0.792. The van der Waals surface area contributed by atoms with Gasteiger partial charge in [0.15, 0.2) is 0 Å². The molecule has 0 saturated carbocycles. The first-order valence-corrected chi connectivity index (χ1v) is 6.41. The molecule has 0 aliphatic heterocycles. The number of aromatic amines is 1. The molecule has 2 aromatic rings. The average Bonchev–Trinajstić information content (AvgIpc) is 2.48. The number of anilines is 1. The molecule has 0 bridgehead atoms. The Balaban J connectivity index is 2.04. The standard InChI is InChI=1S/C15H16N2O4/c1-20-8-9-21-12-5-2-4-11(10-12)16-15(19)13-6-3-7-14(18)17-13/h2-7,10H,8-9H2,1H3,(H,16,19)(H,17,18). The highest BCUT2D eigenvalue weighted by molar-refractivity contribution is 6.02. The number of pyridine rings is 1. The van der Waals surface area contributed by atoms with Gasteiger partial charge in [0, 0.05) is 24.9 Å². The smallest absolute Gasteiger partial charge is 0.272 e. The molecular formula is C15H16N2O4. The zero-order valence-electron chi connectivity index (χ0n) is 11.6. The number of carbonyl (C=O) groups excluding carboxylic acids is 1. The highest BCUT2D eigenvalue weighted by Crippen LogP contribution is 2.17. The van der Waals surface area contributed by atoms with Gasteiger partial charge in [0.1, 0.15) is 18.1 Å². The van der Waals surface area contributed by atoms with Gasteiger partial charge in [-0.05, 0) is 18.2 Å². The lowest BCUT2D eigenvalue weighted by molar-refractivity contribution is 0.102. The number of carbonyl (C=O) groups is 1. The topological polar surface area (TPSA) is 80.4 Å². The van der Waals surface area contributed by atoms with E-state index >= 15 is 0 Å². The van der Waals surface area contributed by atoms with Crippen LogP contribution in [0.2, 0.25) is 0 Å². The number of amides is 1. The summed E-state index contributed by atoms with van der Waals surface area (Å²) in [6.45, 7) is 0.918. The number of nitrogens with one attached hydrogen (secondary N) is 2. The molecule has 0 radical (unpaired) electrons. The van der Waals surface area contributed by atoms with Crippen LogP contribution < -0.4 is 15.6 Å². The molecule has 0 fully saturated rings. The van der Waals surface area contributed by atoms with Crippen LogP contribution in [0.4, 0.5) is 5.69 Å². The minimum absolute atomic E-state index is 0.202. The largest absolute Gasteiger partial charge is 0.491 e. The predicted molar refractivity (Wildman–Crippen MR) is 78.8 cm³/mol. The summed E-state index contributed by atoms with van der Waals surface area (Å²) in [7, 11) is 1.60. The summed E-state index contributed by atoms with van der Waals surface area (Å²) in [5, 5.41) is 2.70. The molecule has 2 rings (SSSR count). The van der Waals surface area contributed by atoms with Crippen LogP contribution in [-0.2, 0) is 4.74 Å². The minimum atomic E-state index is -0.387. The summed E-state index contributed by atoms with van der Waals surface area (Å²) in [6, 6.07) is 11.4. The molecule has 110 valence electrons. The molecule has 1 heterocycles. The predicted octanol–water partition coefficient (Wildman–Crippen LogP) is 1.65. The van der Waals surface area contributed by atoms with E-state index in [-0.39, 0.29) is 17.2 Å². The van der Waals surface area contributed by atoms with Gasteiger partial charge in [-0.2, -0.15) is 0 Å². The summed E-state index contributed by atoms with van der Waals surface area (Å²) in [4.78, 5) is 25.6. The molecule has 0 unspecified atom stereocenters. The van der Waals surface area contributed by atoms with Crippen LogP contribution in [0.5, 0.6) is 5.75 Å². The van der Waals surface area contributed by atoms with Gasteiger partial charge in [0.25, 0.3) is 5.91 Å². The zero-order chi connectivity index (χ0) is 15.1. The molecule has 1 aromatic carbocycles. The minimum Gasteiger partial charge on any atom is -0.491 e. The molecule has 0 spiro atoms. The first-order valence-electron chi connectivity index (χ1n) is 6.41. The molecule has 0 aliphatic rings. The summed E-state index contributed by atoms with van der Waals surface area (Å²) < 4.78 is 10.4. The first kappa shape index (κ1) is 14.8. The van der Waals surface area contributed by atoms with Gasteiger partial charge in [-0.25, -0.2) is 0 Å². The van der Waals surface area contributed by atoms with Crippen LogP contribution in [0.3, 0.4) is 0 Å². The third-order valence-corrected chi connectivity index (χ3v) is 2.66. The fraction of sp³-hybridized carbons (Fsp3) is 0.200. The lowest BCUT2D eigenvalue weighted by atomic mass is 10.2. The molecule has 2 N–H and O–H groups in total. The van der Waals surface area contributed by atoms with Gasteiger partial charge in [-0.3, -0.25) is 9.59 Å². The normalized spacial score (nSPS) is 10.1. The molecule has 0 aliphatic carbocycles. The number of H-pyrrole nitrogens is 1. The van der Waals surface area contributed by atoms with Gasteiger partial charge in [-0.1, -0.05) is 12.1 Å². The molecule has 21 heavy (non-hydrogen) atoms. The summed E-state index contributed by atoms with van der Waals surface area (Å²) in [5.74, 6) is 0.244. The fourth-order valence-electron chi connectivity index (χ4n) is 1.69. The highest BCUT2D eigenvalue weighted by Gasteiger charge is 2.07. The second kappa shape index (κ2) is 7.25. The lowest BCUT2D eigenvalue weighted by Gasteiger charge is -2.08. The number of methoxy groups -OCH3 is 1. The highest BCUT2D eigenvalue weighted by atomic mass is 16.5. The Morgan fingerprint density at radius 2 is 2.00 bits per heavy atom. The van der Waals surface area contributed by atoms with Gasteiger partial charge >= 0.3 is 0 Å². The van der Waals surface area contributed by atoms with E-state index in [0.717, 1.165) is 0 Å². The Labute approximate surface area is 121 Å². The maximum Gasteiger partial charge on any atom is 0.272 e. The number of hydrogen-bond acceptors (Lipinski definition) is 4. The van der Waals surface area contributed by atoms with Crippen molar-refractivity contribution in [1.29, 1.82) is 0 Å². The number of ether oxygens (including phenoxy) is 2. The van der Waals surface area contributed by atoms with E-state index in [4.69, 9.17) is 9.47 Å². The third-order valence-electron chi connectivity index (χ3n) is 2.66. The number of rotatable bonds is 6. The molecule has 6 nitrogen and oxygen atoms in total. The van der Waals surface area contributed by atoms with E-state index in [1.165, 1.54) is 18.2 Å². The van der Waals surface area contributed by atoms with Crippen molar-refractivity contribution in [2.24, 2.45) is 0 Å². The fourth-order valence-corrected chi connectivity index (χ4v) is 1.69. The van der Waals surface area contributed by atoms with Crippen LogP contribution in [0.15, 0.2) is 47.3 Å². The third kappa shape index (κ3) is 4.47. The van der Waals surface area contributed by atoms with Gasteiger partial charge in [0.05, 0.1) is 6.61 Å². The molecule has 1 amide bonds. The van der Waals surface area contributed by atoms with Crippen molar-refractivity contribution >= 4 is 11.6 Å². The molecule has 0 atom stereocenters. The number of hydrogen-bond donors (Lipinski definition) is 2. The van der Waals surface area contributed by atoms with Crippen LogP contribution in [0.25, 0.3) is 0 Å².